The molecule has 0 atom stereocenters. The number of piperazine rings is 1. The van der Waals surface area contributed by atoms with Gasteiger partial charge in [-0.05, 0) is 38.1 Å². The Bertz CT molecular complexity index is 523. The highest BCUT2D eigenvalue weighted by Gasteiger charge is 2.23. The number of hydrogen-bond acceptors (Lipinski definition) is 4. The highest BCUT2D eigenvalue weighted by molar-refractivity contribution is 6.30. The second kappa shape index (κ2) is 7.61. The fourth-order valence-electron chi connectivity index (χ4n) is 2.37. The summed E-state index contributed by atoms with van der Waals surface area (Å²) in [6.07, 6.45) is -0.0970. The highest BCUT2D eigenvalue weighted by Crippen LogP contribution is 2.13. The first-order valence-electron chi connectivity index (χ1n) is 7.42. The number of benzene rings is 1. The fourth-order valence-corrected chi connectivity index (χ4v) is 2.49. The zero-order chi connectivity index (χ0) is 16.1. The van der Waals surface area contributed by atoms with Crippen molar-refractivity contribution in [1.29, 1.82) is 0 Å². The van der Waals surface area contributed by atoms with Gasteiger partial charge in [0, 0.05) is 36.8 Å². The van der Waals surface area contributed by atoms with Crippen LogP contribution in [0.5, 0.6) is 0 Å². The molecule has 120 valence electrons. The van der Waals surface area contributed by atoms with Crippen LogP contribution in [0.25, 0.3) is 0 Å². The average molecular weight is 325 g/mol. The minimum absolute atomic E-state index is 0.000994. The summed E-state index contributed by atoms with van der Waals surface area (Å²) in [6, 6.07) is 6.90. The summed E-state index contributed by atoms with van der Waals surface area (Å²) in [5.41, 5.74) is 0.636. The first-order chi connectivity index (χ1) is 10.5. The van der Waals surface area contributed by atoms with Gasteiger partial charge >= 0.3 is 5.97 Å². The van der Waals surface area contributed by atoms with E-state index in [2.05, 4.69) is 0 Å². The molecule has 0 N–H and O–H groups in total. The van der Waals surface area contributed by atoms with Gasteiger partial charge in [-0.2, -0.15) is 0 Å². The van der Waals surface area contributed by atoms with Gasteiger partial charge in [-0.15, -0.1) is 0 Å². The summed E-state index contributed by atoms with van der Waals surface area (Å²) >= 11 is 5.83. The lowest BCUT2D eigenvalue weighted by Crippen LogP contribution is -2.50. The van der Waals surface area contributed by atoms with Crippen molar-refractivity contribution in [2.75, 3.05) is 32.7 Å². The van der Waals surface area contributed by atoms with Gasteiger partial charge in [0.15, 0.2) is 0 Å². The topological polar surface area (TPSA) is 49.9 Å². The minimum Gasteiger partial charge on any atom is -0.462 e. The third-order valence-corrected chi connectivity index (χ3v) is 3.72. The normalized spacial score (nSPS) is 15.9. The zero-order valence-electron chi connectivity index (χ0n) is 12.9. The molecule has 1 heterocycles. The molecule has 0 aliphatic carbocycles. The quantitative estimate of drug-likeness (QED) is 0.795. The summed E-state index contributed by atoms with van der Waals surface area (Å²) in [5.74, 6) is -0.214. The van der Waals surface area contributed by atoms with Gasteiger partial charge in [0.05, 0.1) is 12.6 Å². The summed E-state index contributed by atoms with van der Waals surface area (Å²) < 4.78 is 5.13. The second-order valence-corrected chi connectivity index (χ2v) is 6.05. The number of halogens is 1. The Labute approximate surface area is 135 Å². The van der Waals surface area contributed by atoms with Crippen molar-refractivity contribution in [3.63, 3.8) is 0 Å². The SMILES string of the molecule is CC(C)OC(=O)CN1CCN(C(=O)c2ccc(Cl)cc2)CC1. The Hall–Kier alpha value is -1.59. The van der Waals surface area contributed by atoms with Crippen molar-refractivity contribution in [3.05, 3.63) is 34.9 Å². The molecule has 2 rings (SSSR count). The maximum Gasteiger partial charge on any atom is 0.320 e. The standard InChI is InChI=1S/C16H21ClN2O3/c1-12(2)22-15(20)11-18-7-9-19(10-8-18)16(21)13-3-5-14(17)6-4-13/h3-6,12H,7-11H2,1-2H3. The van der Waals surface area contributed by atoms with E-state index in [4.69, 9.17) is 16.3 Å². The Morgan fingerprint density at radius 3 is 2.27 bits per heavy atom. The van der Waals surface area contributed by atoms with Crippen LogP contribution in [-0.4, -0.2) is 60.5 Å². The van der Waals surface area contributed by atoms with Gasteiger partial charge in [-0.3, -0.25) is 14.5 Å². The number of ether oxygens (including phenoxy) is 1. The van der Waals surface area contributed by atoms with Crippen molar-refractivity contribution in [2.24, 2.45) is 0 Å². The second-order valence-electron chi connectivity index (χ2n) is 5.61. The van der Waals surface area contributed by atoms with Crippen molar-refractivity contribution in [2.45, 2.75) is 20.0 Å². The van der Waals surface area contributed by atoms with E-state index in [0.717, 1.165) is 0 Å². The number of amides is 1. The van der Waals surface area contributed by atoms with Crippen LogP contribution in [0.15, 0.2) is 24.3 Å². The molecule has 1 aliphatic heterocycles. The minimum atomic E-state index is -0.215. The van der Waals surface area contributed by atoms with E-state index in [-0.39, 0.29) is 24.5 Å². The average Bonchev–Trinajstić information content (AvgIpc) is 2.47. The van der Waals surface area contributed by atoms with Crippen LogP contribution in [-0.2, 0) is 9.53 Å². The van der Waals surface area contributed by atoms with Gasteiger partial charge in [-0.25, -0.2) is 0 Å². The molecule has 0 bridgehead atoms. The van der Waals surface area contributed by atoms with E-state index in [1.165, 1.54) is 0 Å². The summed E-state index contributed by atoms with van der Waals surface area (Å²) in [4.78, 5) is 27.8. The van der Waals surface area contributed by atoms with Gasteiger partial charge in [0.2, 0.25) is 0 Å². The van der Waals surface area contributed by atoms with Gasteiger partial charge in [0.1, 0.15) is 0 Å². The molecule has 6 heteroatoms. The molecular weight excluding hydrogens is 304 g/mol. The monoisotopic (exact) mass is 324 g/mol. The zero-order valence-corrected chi connectivity index (χ0v) is 13.7. The lowest BCUT2D eigenvalue weighted by Gasteiger charge is -2.34. The third kappa shape index (κ3) is 4.71. The molecule has 1 aromatic rings. The summed E-state index contributed by atoms with van der Waals surface area (Å²) in [7, 11) is 0. The van der Waals surface area contributed by atoms with Crippen LogP contribution in [0, 0.1) is 0 Å². The summed E-state index contributed by atoms with van der Waals surface area (Å²) in [6.45, 7) is 6.51. The third-order valence-electron chi connectivity index (χ3n) is 3.47. The molecule has 22 heavy (non-hydrogen) atoms. The Kier molecular flexibility index (Phi) is 5.80. The predicted octanol–water partition coefficient (Wildman–Crippen LogP) is 2.05. The predicted molar refractivity (Wildman–Crippen MR) is 85.0 cm³/mol. The van der Waals surface area contributed by atoms with Crippen LogP contribution in [0.2, 0.25) is 5.02 Å². The van der Waals surface area contributed by atoms with Crippen molar-refractivity contribution in [3.8, 4) is 0 Å². The molecule has 1 fully saturated rings. The maximum atomic E-state index is 12.4. The van der Waals surface area contributed by atoms with Gasteiger partial charge in [0.25, 0.3) is 5.91 Å². The molecule has 0 unspecified atom stereocenters. The number of carbonyl (C=O) groups is 2. The van der Waals surface area contributed by atoms with E-state index in [1.807, 2.05) is 18.7 Å². The Morgan fingerprint density at radius 1 is 1.14 bits per heavy atom. The number of nitrogens with zero attached hydrogens (tertiary/aromatic N) is 2. The Morgan fingerprint density at radius 2 is 1.73 bits per heavy atom. The lowest BCUT2D eigenvalue weighted by molar-refractivity contribution is -0.149. The van der Waals surface area contributed by atoms with E-state index < -0.39 is 0 Å². The molecule has 1 aromatic carbocycles. The van der Waals surface area contributed by atoms with E-state index in [9.17, 15) is 9.59 Å². The Balaban J connectivity index is 1.83. The number of hydrogen-bond donors (Lipinski definition) is 0. The van der Waals surface area contributed by atoms with Crippen LogP contribution in [0.3, 0.4) is 0 Å². The summed E-state index contributed by atoms with van der Waals surface area (Å²) in [5, 5.41) is 0.616. The van der Waals surface area contributed by atoms with Crippen molar-refractivity contribution >= 4 is 23.5 Å². The number of esters is 1. The van der Waals surface area contributed by atoms with E-state index in [1.54, 1.807) is 29.2 Å². The largest absolute Gasteiger partial charge is 0.462 e. The molecule has 5 nitrogen and oxygen atoms in total. The molecule has 1 aliphatic rings. The highest BCUT2D eigenvalue weighted by atomic mass is 35.5. The van der Waals surface area contributed by atoms with Crippen molar-refractivity contribution < 1.29 is 14.3 Å². The van der Waals surface area contributed by atoms with Crippen LogP contribution >= 0.6 is 11.6 Å². The lowest BCUT2D eigenvalue weighted by atomic mass is 10.2. The first-order valence-corrected chi connectivity index (χ1v) is 7.80. The van der Waals surface area contributed by atoms with E-state index >= 15 is 0 Å². The van der Waals surface area contributed by atoms with Crippen molar-refractivity contribution in [1.82, 2.24) is 9.80 Å². The smallest absolute Gasteiger partial charge is 0.320 e. The molecule has 1 amide bonds. The molecule has 1 saturated heterocycles. The molecular formula is C16H21ClN2O3. The number of carbonyl (C=O) groups excluding carboxylic acids is 2. The maximum absolute atomic E-state index is 12.4. The molecule has 0 spiro atoms. The fraction of sp³-hybridized carbons (Fsp3) is 0.500. The van der Waals surface area contributed by atoms with Gasteiger partial charge in [-0.1, -0.05) is 11.6 Å². The molecule has 0 saturated carbocycles. The molecule has 0 aromatic heterocycles. The van der Waals surface area contributed by atoms with E-state index in [0.29, 0.717) is 36.8 Å². The molecule has 0 radical (unpaired) electrons. The van der Waals surface area contributed by atoms with Crippen LogP contribution < -0.4 is 0 Å². The number of rotatable bonds is 4. The van der Waals surface area contributed by atoms with Gasteiger partial charge < -0.3 is 9.64 Å². The van der Waals surface area contributed by atoms with Crippen LogP contribution in [0.1, 0.15) is 24.2 Å². The first kappa shape index (κ1) is 16.8. The van der Waals surface area contributed by atoms with Crippen LogP contribution in [0.4, 0.5) is 0 Å².